The van der Waals surface area contributed by atoms with Gasteiger partial charge in [-0.15, -0.1) is 0 Å². The average Bonchev–Trinajstić information content (AvgIpc) is 2.71. The molecule has 2 aromatic heterocycles. The van der Waals surface area contributed by atoms with Crippen molar-refractivity contribution >= 4 is 9.84 Å². The Kier molecular flexibility index (Phi) is 6.52. The molecule has 0 fully saturated rings. The predicted molar refractivity (Wildman–Crippen MR) is 107 cm³/mol. The Labute approximate surface area is 172 Å². The molecule has 0 aliphatic carbocycles. The van der Waals surface area contributed by atoms with Crippen molar-refractivity contribution in [3.63, 3.8) is 0 Å². The molecular weight excluding hydrogens is 415 g/mol. The van der Waals surface area contributed by atoms with Crippen molar-refractivity contribution in [3.05, 3.63) is 90.0 Å². The molecule has 0 spiro atoms. The Bertz CT molecular complexity index is 1040. The molecule has 0 saturated carbocycles. The summed E-state index contributed by atoms with van der Waals surface area (Å²) in [5.74, 6) is -0.579. The molecule has 2 heterocycles. The highest BCUT2D eigenvalue weighted by Crippen LogP contribution is 2.37. The number of nitrogens with zero attached hydrogens (tertiary/aromatic N) is 2. The van der Waals surface area contributed by atoms with Crippen molar-refractivity contribution in [2.45, 2.75) is 23.0 Å². The van der Waals surface area contributed by atoms with Crippen molar-refractivity contribution in [3.8, 4) is 0 Å². The minimum atomic E-state index is -4.44. The lowest BCUT2D eigenvalue weighted by Gasteiger charge is -2.30. The van der Waals surface area contributed by atoms with E-state index in [-0.39, 0.29) is 4.90 Å². The molecule has 1 N–H and O–H groups in total. The Morgan fingerprint density at radius 1 is 0.933 bits per heavy atom. The van der Waals surface area contributed by atoms with Crippen molar-refractivity contribution in [2.75, 3.05) is 12.8 Å². The van der Waals surface area contributed by atoms with E-state index in [1.165, 1.54) is 18.2 Å². The van der Waals surface area contributed by atoms with Crippen LogP contribution >= 0.6 is 0 Å². The first kappa shape index (κ1) is 21.9. The van der Waals surface area contributed by atoms with E-state index < -0.39 is 34.5 Å². The Morgan fingerprint density at radius 3 is 1.97 bits per heavy atom. The first-order valence-corrected chi connectivity index (χ1v) is 10.9. The third-order valence-corrected chi connectivity index (χ3v) is 5.70. The second-order valence-corrected chi connectivity index (χ2v) is 8.88. The van der Waals surface area contributed by atoms with E-state index in [1.54, 1.807) is 55.1 Å². The van der Waals surface area contributed by atoms with Crippen molar-refractivity contribution in [1.29, 1.82) is 0 Å². The molecule has 0 bridgehead atoms. The summed E-state index contributed by atoms with van der Waals surface area (Å²) in [6.07, 6.45) is 2.93. The van der Waals surface area contributed by atoms with Crippen LogP contribution in [-0.2, 0) is 9.84 Å². The van der Waals surface area contributed by atoms with Crippen LogP contribution in [0.15, 0.2) is 78.2 Å². The van der Waals surface area contributed by atoms with E-state index >= 15 is 0 Å². The fourth-order valence-corrected chi connectivity index (χ4v) is 3.97. The van der Waals surface area contributed by atoms with Crippen molar-refractivity contribution in [2.24, 2.45) is 0 Å². The highest BCUT2D eigenvalue weighted by atomic mass is 32.2. The topological polar surface area (TPSA) is 72.0 Å². The van der Waals surface area contributed by atoms with Crippen LogP contribution in [0.2, 0.25) is 0 Å². The van der Waals surface area contributed by atoms with E-state index in [1.807, 2.05) is 0 Å². The Hall–Kier alpha value is -2.78. The molecule has 0 amide bonds. The monoisotopic (exact) mass is 435 g/mol. The van der Waals surface area contributed by atoms with Gasteiger partial charge < -0.3 is 5.32 Å². The molecule has 5 nitrogen and oxygen atoms in total. The first-order valence-electron chi connectivity index (χ1n) is 9.05. The van der Waals surface area contributed by atoms with Gasteiger partial charge in [0, 0.05) is 43.0 Å². The second kappa shape index (κ2) is 8.93. The van der Waals surface area contributed by atoms with Crippen LogP contribution in [-0.4, -0.2) is 37.4 Å². The van der Waals surface area contributed by atoms with Gasteiger partial charge in [-0.3, -0.25) is 9.97 Å². The van der Waals surface area contributed by atoms with Crippen LogP contribution in [0.25, 0.3) is 0 Å². The molecule has 30 heavy (non-hydrogen) atoms. The average molecular weight is 435 g/mol. The highest BCUT2D eigenvalue weighted by Gasteiger charge is 2.33. The molecular formula is C21H20F3N3O2S. The van der Waals surface area contributed by atoms with E-state index in [0.717, 1.165) is 6.26 Å². The van der Waals surface area contributed by atoms with Gasteiger partial charge in [0.2, 0.25) is 0 Å². The van der Waals surface area contributed by atoms with Gasteiger partial charge in [-0.2, -0.15) is 13.2 Å². The first-order chi connectivity index (χ1) is 14.1. The lowest BCUT2D eigenvalue weighted by molar-refractivity contribution is -0.126. The van der Waals surface area contributed by atoms with Gasteiger partial charge in [0.05, 0.1) is 11.4 Å². The lowest BCUT2D eigenvalue weighted by Crippen LogP contribution is -2.35. The molecule has 3 rings (SSSR count). The summed E-state index contributed by atoms with van der Waals surface area (Å²) >= 11 is 0. The minimum Gasteiger partial charge on any atom is -0.301 e. The molecule has 0 saturated heterocycles. The summed E-state index contributed by atoms with van der Waals surface area (Å²) in [5.41, 5.74) is 1.77. The molecule has 1 atom stereocenters. The molecule has 9 heteroatoms. The van der Waals surface area contributed by atoms with E-state index in [2.05, 4.69) is 15.3 Å². The molecule has 1 unspecified atom stereocenters. The van der Waals surface area contributed by atoms with Gasteiger partial charge >= 0.3 is 6.18 Å². The van der Waals surface area contributed by atoms with Gasteiger partial charge in [-0.1, -0.05) is 24.3 Å². The summed E-state index contributed by atoms with van der Waals surface area (Å²) in [7, 11) is -3.53. The fraction of sp³-hybridized carbons (Fsp3) is 0.238. The fourth-order valence-electron chi connectivity index (χ4n) is 3.29. The van der Waals surface area contributed by atoms with Gasteiger partial charge in [0.1, 0.15) is 0 Å². The normalized spacial score (nSPS) is 13.4. The van der Waals surface area contributed by atoms with Gasteiger partial charge in [-0.05, 0) is 41.0 Å². The molecule has 0 radical (unpaired) electrons. The van der Waals surface area contributed by atoms with Crippen LogP contribution in [0, 0.1) is 0 Å². The van der Waals surface area contributed by atoms with Crippen molar-refractivity contribution < 1.29 is 21.6 Å². The lowest BCUT2D eigenvalue weighted by atomic mass is 9.83. The maximum absolute atomic E-state index is 13.1. The number of alkyl halides is 3. The predicted octanol–water partition coefficient (Wildman–Crippen LogP) is 3.91. The summed E-state index contributed by atoms with van der Waals surface area (Å²) < 4.78 is 63.3. The zero-order chi connectivity index (χ0) is 21.8. The Morgan fingerprint density at radius 2 is 1.50 bits per heavy atom. The third-order valence-electron chi connectivity index (χ3n) is 4.59. The largest absolute Gasteiger partial charge is 0.401 e. The molecule has 3 aromatic rings. The van der Waals surface area contributed by atoms with Crippen LogP contribution in [0.3, 0.4) is 0 Å². The summed E-state index contributed by atoms with van der Waals surface area (Å²) in [5, 5.41) is 2.58. The van der Waals surface area contributed by atoms with Crippen LogP contribution in [0.5, 0.6) is 0 Å². The smallest absolute Gasteiger partial charge is 0.301 e. The number of pyridine rings is 2. The maximum atomic E-state index is 13.1. The van der Waals surface area contributed by atoms with Gasteiger partial charge in [0.15, 0.2) is 9.84 Å². The van der Waals surface area contributed by atoms with E-state index in [0.29, 0.717) is 16.7 Å². The number of nitrogens with one attached hydrogen (secondary N) is 1. The van der Waals surface area contributed by atoms with Crippen LogP contribution in [0.4, 0.5) is 13.2 Å². The summed E-state index contributed by atoms with van der Waals surface area (Å²) in [6, 6.07) is 12.0. The summed E-state index contributed by atoms with van der Waals surface area (Å²) in [4.78, 5) is 8.25. The Balaban J connectivity index is 2.16. The summed E-state index contributed by atoms with van der Waals surface area (Å²) in [6.45, 7) is -1.24. The minimum absolute atomic E-state index is 0.0370. The number of halogens is 3. The number of rotatable bonds is 7. The number of hydrogen-bond donors (Lipinski definition) is 1. The van der Waals surface area contributed by atoms with Crippen LogP contribution < -0.4 is 5.32 Å². The quantitative estimate of drug-likeness (QED) is 0.609. The standard InChI is InChI=1S/C21H20F3N3O2S/c1-30(28,29)18-8-2-5-15(11-18)20(27-14-21(22,23)24)19(16-6-3-9-25-12-16)17-7-4-10-26-13-17/h2-13,19-20,27H,14H2,1H3. The SMILES string of the molecule is CS(=O)(=O)c1cccc(C(NCC(F)(F)F)C(c2cccnc2)c2cccnc2)c1. The zero-order valence-corrected chi connectivity index (χ0v) is 16.9. The van der Waals surface area contributed by atoms with Gasteiger partial charge in [-0.25, -0.2) is 8.42 Å². The number of hydrogen-bond acceptors (Lipinski definition) is 5. The number of sulfone groups is 1. The maximum Gasteiger partial charge on any atom is 0.401 e. The molecule has 0 aliphatic heterocycles. The van der Waals surface area contributed by atoms with Crippen LogP contribution in [0.1, 0.15) is 28.7 Å². The number of benzene rings is 1. The van der Waals surface area contributed by atoms with Gasteiger partial charge in [0.25, 0.3) is 0 Å². The number of aromatic nitrogens is 2. The van der Waals surface area contributed by atoms with E-state index in [9.17, 15) is 21.6 Å². The zero-order valence-electron chi connectivity index (χ0n) is 16.0. The highest BCUT2D eigenvalue weighted by molar-refractivity contribution is 7.90. The molecule has 0 aliphatic rings. The molecule has 158 valence electrons. The second-order valence-electron chi connectivity index (χ2n) is 6.87. The third kappa shape index (κ3) is 5.64. The molecule has 1 aromatic carbocycles. The van der Waals surface area contributed by atoms with E-state index in [4.69, 9.17) is 0 Å². The van der Waals surface area contributed by atoms with Crippen molar-refractivity contribution in [1.82, 2.24) is 15.3 Å².